The lowest BCUT2D eigenvalue weighted by Crippen LogP contribution is -2.26. The number of rotatable bonds is 5. The summed E-state index contributed by atoms with van der Waals surface area (Å²) >= 11 is 0. The van der Waals surface area contributed by atoms with Gasteiger partial charge in [-0.1, -0.05) is 30.3 Å². The van der Waals surface area contributed by atoms with Gasteiger partial charge in [-0.25, -0.2) is 4.39 Å². The number of nitrogens with one attached hydrogen (secondary N) is 1. The number of hydrogen-bond donors (Lipinski definition) is 2. The molecule has 0 aliphatic rings. The van der Waals surface area contributed by atoms with Crippen LogP contribution in [0.2, 0.25) is 0 Å². The van der Waals surface area contributed by atoms with E-state index in [0.717, 1.165) is 11.1 Å². The highest BCUT2D eigenvalue weighted by atomic mass is 19.1. The predicted molar refractivity (Wildman–Crippen MR) is 82.1 cm³/mol. The average Bonchev–Trinajstić information content (AvgIpc) is 2.46. The van der Waals surface area contributed by atoms with Crippen molar-refractivity contribution in [2.24, 2.45) is 0 Å². The largest absolute Gasteiger partial charge is 0.399 e. The molecule has 4 heteroatoms. The van der Waals surface area contributed by atoms with Gasteiger partial charge in [-0.05, 0) is 42.7 Å². The smallest absolute Gasteiger partial charge is 0.220 e. The second-order valence-corrected chi connectivity index (χ2v) is 5.04. The highest BCUT2D eigenvalue weighted by Gasteiger charge is 2.10. The molecule has 110 valence electrons. The molecule has 0 saturated heterocycles. The van der Waals surface area contributed by atoms with Gasteiger partial charge in [-0.2, -0.15) is 0 Å². The number of nitrogens with two attached hydrogens (primary N) is 1. The lowest BCUT2D eigenvalue weighted by Gasteiger charge is -2.14. The molecule has 3 N–H and O–H groups in total. The van der Waals surface area contributed by atoms with Crippen molar-refractivity contribution in [3.63, 3.8) is 0 Å². The van der Waals surface area contributed by atoms with E-state index in [0.29, 0.717) is 18.5 Å². The maximum atomic E-state index is 13.2. The molecule has 0 aliphatic carbocycles. The van der Waals surface area contributed by atoms with Crippen molar-refractivity contribution in [3.8, 4) is 0 Å². The van der Waals surface area contributed by atoms with Crippen LogP contribution < -0.4 is 11.1 Å². The average molecular weight is 286 g/mol. The Morgan fingerprint density at radius 2 is 2.00 bits per heavy atom. The predicted octanol–water partition coefficient (Wildman–Crippen LogP) is 3.22. The number of anilines is 1. The summed E-state index contributed by atoms with van der Waals surface area (Å²) in [5.74, 6) is -0.374. The molecule has 0 bridgehead atoms. The summed E-state index contributed by atoms with van der Waals surface area (Å²) in [6, 6.07) is 13.5. The van der Waals surface area contributed by atoms with Gasteiger partial charge in [0, 0.05) is 12.1 Å². The molecule has 2 aromatic carbocycles. The number of carbonyl (C=O) groups is 1. The standard InChI is InChI=1S/C17H19FN2O/c1-12(14-6-4-7-15(18)11-14)20-17(21)10-9-13-5-2-3-8-16(13)19/h2-8,11-12H,9-10,19H2,1H3,(H,20,21)/t12-/m0/s1. The van der Waals surface area contributed by atoms with E-state index >= 15 is 0 Å². The molecule has 1 amide bonds. The number of hydrogen-bond acceptors (Lipinski definition) is 2. The highest BCUT2D eigenvalue weighted by molar-refractivity contribution is 5.77. The summed E-state index contributed by atoms with van der Waals surface area (Å²) in [7, 11) is 0. The van der Waals surface area contributed by atoms with E-state index in [1.165, 1.54) is 12.1 Å². The van der Waals surface area contributed by atoms with Crippen LogP contribution in [0, 0.1) is 5.82 Å². The molecule has 0 aliphatic heterocycles. The molecular weight excluding hydrogens is 267 g/mol. The van der Waals surface area contributed by atoms with Crippen LogP contribution in [0.3, 0.4) is 0 Å². The van der Waals surface area contributed by atoms with Gasteiger partial charge in [-0.15, -0.1) is 0 Å². The molecule has 2 rings (SSSR count). The zero-order valence-electron chi connectivity index (χ0n) is 12.0. The second kappa shape index (κ2) is 6.88. The Bertz CT molecular complexity index is 628. The minimum atomic E-state index is -0.300. The molecule has 0 unspecified atom stereocenters. The van der Waals surface area contributed by atoms with Crippen LogP contribution in [0.25, 0.3) is 0 Å². The fraction of sp³-hybridized carbons (Fsp3) is 0.235. The number of carbonyl (C=O) groups excluding carboxylic acids is 1. The number of nitrogen functional groups attached to an aromatic ring is 1. The molecule has 21 heavy (non-hydrogen) atoms. The Balaban J connectivity index is 1.89. The van der Waals surface area contributed by atoms with E-state index in [1.807, 2.05) is 31.2 Å². The molecular formula is C17H19FN2O. The monoisotopic (exact) mass is 286 g/mol. The van der Waals surface area contributed by atoms with E-state index in [2.05, 4.69) is 5.32 Å². The van der Waals surface area contributed by atoms with E-state index in [9.17, 15) is 9.18 Å². The minimum Gasteiger partial charge on any atom is -0.399 e. The van der Waals surface area contributed by atoms with E-state index in [1.54, 1.807) is 12.1 Å². The Morgan fingerprint density at radius 1 is 1.24 bits per heavy atom. The van der Waals surface area contributed by atoms with Crippen molar-refractivity contribution in [1.29, 1.82) is 0 Å². The third kappa shape index (κ3) is 4.31. The molecule has 0 saturated carbocycles. The van der Waals surface area contributed by atoms with Gasteiger partial charge in [0.2, 0.25) is 5.91 Å². The van der Waals surface area contributed by atoms with Crippen molar-refractivity contribution in [3.05, 3.63) is 65.5 Å². The molecule has 1 atom stereocenters. The van der Waals surface area contributed by atoms with Crippen molar-refractivity contribution in [2.75, 3.05) is 5.73 Å². The zero-order chi connectivity index (χ0) is 15.2. The van der Waals surface area contributed by atoms with Crippen molar-refractivity contribution >= 4 is 11.6 Å². The highest BCUT2D eigenvalue weighted by Crippen LogP contribution is 2.15. The summed E-state index contributed by atoms with van der Waals surface area (Å²) in [6.07, 6.45) is 0.947. The summed E-state index contributed by atoms with van der Waals surface area (Å²) in [4.78, 5) is 12.0. The second-order valence-electron chi connectivity index (χ2n) is 5.04. The van der Waals surface area contributed by atoms with Gasteiger partial charge < -0.3 is 11.1 Å². The van der Waals surface area contributed by atoms with Gasteiger partial charge in [0.05, 0.1) is 6.04 Å². The van der Waals surface area contributed by atoms with Crippen LogP contribution >= 0.6 is 0 Å². The fourth-order valence-corrected chi connectivity index (χ4v) is 2.18. The quantitative estimate of drug-likeness (QED) is 0.829. The van der Waals surface area contributed by atoms with E-state index < -0.39 is 0 Å². The Labute approximate surface area is 124 Å². The van der Waals surface area contributed by atoms with Crippen LogP contribution in [-0.4, -0.2) is 5.91 Å². The summed E-state index contributed by atoms with van der Waals surface area (Å²) in [5, 5.41) is 2.87. The van der Waals surface area contributed by atoms with Gasteiger partial charge in [0.1, 0.15) is 5.82 Å². The molecule has 2 aromatic rings. The molecule has 3 nitrogen and oxygen atoms in total. The Morgan fingerprint density at radius 3 is 2.71 bits per heavy atom. The first-order valence-electron chi connectivity index (χ1n) is 6.94. The van der Waals surface area contributed by atoms with Crippen molar-refractivity contribution in [2.45, 2.75) is 25.8 Å². The van der Waals surface area contributed by atoms with Gasteiger partial charge in [0.15, 0.2) is 0 Å². The maximum absolute atomic E-state index is 13.2. The first-order chi connectivity index (χ1) is 10.1. The molecule has 0 aromatic heterocycles. The normalized spacial score (nSPS) is 11.9. The number of benzene rings is 2. The number of halogens is 1. The number of amides is 1. The summed E-state index contributed by atoms with van der Waals surface area (Å²) < 4.78 is 13.2. The Hall–Kier alpha value is -2.36. The summed E-state index contributed by atoms with van der Waals surface area (Å²) in [5.41, 5.74) is 8.26. The molecule has 0 fully saturated rings. The topological polar surface area (TPSA) is 55.1 Å². The van der Waals surface area contributed by atoms with E-state index in [4.69, 9.17) is 5.73 Å². The maximum Gasteiger partial charge on any atom is 0.220 e. The lowest BCUT2D eigenvalue weighted by molar-refractivity contribution is -0.121. The van der Waals surface area contributed by atoms with E-state index in [-0.39, 0.29) is 17.8 Å². The van der Waals surface area contributed by atoms with Crippen LogP contribution in [0.1, 0.15) is 30.5 Å². The van der Waals surface area contributed by atoms with Gasteiger partial charge in [0.25, 0.3) is 0 Å². The molecule has 0 spiro atoms. The van der Waals surface area contributed by atoms with Gasteiger partial charge in [-0.3, -0.25) is 4.79 Å². The zero-order valence-corrected chi connectivity index (χ0v) is 12.0. The number of para-hydroxylation sites is 1. The van der Waals surface area contributed by atoms with Crippen LogP contribution in [-0.2, 0) is 11.2 Å². The number of aryl methyl sites for hydroxylation is 1. The van der Waals surface area contributed by atoms with Crippen LogP contribution in [0.5, 0.6) is 0 Å². The fourth-order valence-electron chi connectivity index (χ4n) is 2.18. The SMILES string of the molecule is C[C@H](NC(=O)CCc1ccccc1N)c1cccc(F)c1. The first kappa shape index (κ1) is 15.0. The summed E-state index contributed by atoms with van der Waals surface area (Å²) in [6.45, 7) is 1.84. The minimum absolute atomic E-state index is 0.0741. The van der Waals surface area contributed by atoms with Crippen molar-refractivity contribution in [1.82, 2.24) is 5.32 Å². The molecule has 0 radical (unpaired) electrons. The lowest BCUT2D eigenvalue weighted by atomic mass is 10.1. The van der Waals surface area contributed by atoms with Gasteiger partial charge >= 0.3 is 0 Å². The third-order valence-corrected chi connectivity index (χ3v) is 3.40. The van der Waals surface area contributed by atoms with Crippen LogP contribution in [0.4, 0.5) is 10.1 Å². The van der Waals surface area contributed by atoms with Crippen LogP contribution in [0.15, 0.2) is 48.5 Å². The Kier molecular flexibility index (Phi) is 4.93. The molecule has 0 heterocycles. The first-order valence-corrected chi connectivity index (χ1v) is 6.94. The van der Waals surface area contributed by atoms with Crippen molar-refractivity contribution < 1.29 is 9.18 Å². The third-order valence-electron chi connectivity index (χ3n) is 3.40.